The number of imide groups is 1. The molecule has 2 amide bonds. The Morgan fingerprint density at radius 1 is 0.971 bits per heavy atom. The SMILES string of the molecule is CC(=O)C12c3ccccc3C(c3ccccc31)[C@H]1C(=O)N(c3ccc(F)cc3[N+](=O)[O-])C(=O)[C@@H]12. The van der Waals surface area contributed by atoms with Gasteiger partial charge in [-0.15, -0.1) is 0 Å². The predicted molar refractivity (Wildman–Crippen MR) is 119 cm³/mol. The van der Waals surface area contributed by atoms with Crippen molar-refractivity contribution in [2.24, 2.45) is 11.8 Å². The lowest BCUT2D eigenvalue weighted by atomic mass is 9.46. The Bertz CT molecular complexity index is 1420. The van der Waals surface area contributed by atoms with Gasteiger partial charge in [0.2, 0.25) is 11.8 Å². The Morgan fingerprint density at radius 3 is 2.12 bits per heavy atom. The van der Waals surface area contributed by atoms with Gasteiger partial charge in [-0.05, 0) is 41.3 Å². The Kier molecular flexibility index (Phi) is 4.00. The van der Waals surface area contributed by atoms with Gasteiger partial charge in [0, 0.05) is 5.92 Å². The zero-order chi connectivity index (χ0) is 23.9. The molecule has 7 nitrogen and oxygen atoms in total. The lowest BCUT2D eigenvalue weighted by molar-refractivity contribution is -0.384. The number of anilines is 1. The monoisotopic (exact) mass is 456 g/mol. The van der Waals surface area contributed by atoms with E-state index in [1.807, 2.05) is 36.4 Å². The summed E-state index contributed by atoms with van der Waals surface area (Å²) in [5, 5.41) is 11.7. The number of carbonyl (C=O) groups is 3. The fourth-order valence-corrected chi connectivity index (χ4v) is 6.44. The number of hydrogen-bond donors (Lipinski definition) is 0. The first-order valence-electron chi connectivity index (χ1n) is 10.8. The van der Waals surface area contributed by atoms with Crippen LogP contribution in [0.3, 0.4) is 0 Å². The average Bonchev–Trinajstić information content (AvgIpc) is 3.09. The maximum absolute atomic E-state index is 14.0. The topological polar surface area (TPSA) is 97.6 Å². The van der Waals surface area contributed by atoms with Crippen molar-refractivity contribution < 1.29 is 23.7 Å². The Hall–Kier alpha value is -4.20. The molecule has 34 heavy (non-hydrogen) atoms. The van der Waals surface area contributed by atoms with Gasteiger partial charge in [0.1, 0.15) is 17.3 Å². The van der Waals surface area contributed by atoms with Crippen molar-refractivity contribution in [2.45, 2.75) is 18.3 Å². The van der Waals surface area contributed by atoms with Crippen molar-refractivity contribution in [3.05, 3.63) is 105 Å². The molecule has 0 unspecified atom stereocenters. The van der Waals surface area contributed by atoms with Gasteiger partial charge in [-0.3, -0.25) is 24.5 Å². The molecule has 1 heterocycles. The van der Waals surface area contributed by atoms with Crippen LogP contribution in [0.1, 0.15) is 35.1 Å². The summed E-state index contributed by atoms with van der Waals surface area (Å²) in [7, 11) is 0. The van der Waals surface area contributed by atoms with Crippen LogP contribution in [0.15, 0.2) is 66.7 Å². The minimum absolute atomic E-state index is 0.280. The van der Waals surface area contributed by atoms with Crippen molar-refractivity contribution in [3.63, 3.8) is 0 Å². The van der Waals surface area contributed by atoms with Gasteiger partial charge in [0.05, 0.1) is 28.2 Å². The second-order valence-corrected chi connectivity index (χ2v) is 8.92. The number of amides is 2. The zero-order valence-corrected chi connectivity index (χ0v) is 17.9. The van der Waals surface area contributed by atoms with E-state index in [9.17, 15) is 28.9 Å². The third kappa shape index (κ3) is 2.22. The van der Waals surface area contributed by atoms with Gasteiger partial charge in [0.15, 0.2) is 0 Å². The van der Waals surface area contributed by atoms with Gasteiger partial charge in [0.25, 0.3) is 5.69 Å². The molecule has 0 aromatic heterocycles. The molecule has 2 bridgehead atoms. The second-order valence-electron chi connectivity index (χ2n) is 8.92. The van der Waals surface area contributed by atoms with Crippen LogP contribution in [-0.2, 0) is 19.8 Å². The number of halogens is 1. The van der Waals surface area contributed by atoms with E-state index in [0.29, 0.717) is 17.2 Å². The smallest absolute Gasteiger partial charge is 0.296 e. The summed E-state index contributed by atoms with van der Waals surface area (Å²) in [6, 6.07) is 17.4. The predicted octanol–water partition coefficient (Wildman–Crippen LogP) is 3.87. The van der Waals surface area contributed by atoms with E-state index in [-0.39, 0.29) is 11.5 Å². The van der Waals surface area contributed by atoms with E-state index >= 15 is 0 Å². The van der Waals surface area contributed by atoms with Crippen LogP contribution < -0.4 is 4.90 Å². The molecule has 0 N–H and O–H groups in total. The zero-order valence-electron chi connectivity index (χ0n) is 17.9. The molecule has 7 rings (SSSR count). The summed E-state index contributed by atoms with van der Waals surface area (Å²) in [4.78, 5) is 53.0. The fourth-order valence-electron chi connectivity index (χ4n) is 6.44. The Labute approximate surface area is 193 Å². The number of ketones is 1. The van der Waals surface area contributed by atoms with Crippen molar-refractivity contribution in [1.29, 1.82) is 0 Å². The Balaban J connectivity index is 1.66. The van der Waals surface area contributed by atoms with E-state index in [1.54, 1.807) is 12.1 Å². The molecule has 168 valence electrons. The molecule has 0 spiro atoms. The number of nitro benzene ring substituents is 1. The van der Waals surface area contributed by atoms with Gasteiger partial charge in [-0.25, -0.2) is 9.29 Å². The van der Waals surface area contributed by atoms with E-state index in [1.165, 1.54) is 6.92 Å². The molecular formula is C26H17FN2O5. The molecular weight excluding hydrogens is 439 g/mol. The van der Waals surface area contributed by atoms with Crippen molar-refractivity contribution in [1.82, 2.24) is 0 Å². The van der Waals surface area contributed by atoms with Crippen LogP contribution in [0.25, 0.3) is 0 Å². The highest BCUT2D eigenvalue weighted by molar-refractivity contribution is 6.26. The number of benzene rings is 3. The third-order valence-electron chi connectivity index (χ3n) is 7.55. The average molecular weight is 456 g/mol. The Morgan fingerprint density at radius 2 is 1.56 bits per heavy atom. The molecule has 0 radical (unpaired) electrons. The lowest BCUT2D eigenvalue weighted by Crippen LogP contribution is -2.57. The molecule has 3 aromatic carbocycles. The van der Waals surface area contributed by atoms with Crippen LogP contribution in [0.5, 0.6) is 0 Å². The highest BCUT2D eigenvalue weighted by atomic mass is 19.1. The third-order valence-corrected chi connectivity index (χ3v) is 7.55. The summed E-state index contributed by atoms with van der Waals surface area (Å²) < 4.78 is 13.8. The highest BCUT2D eigenvalue weighted by Crippen LogP contribution is 2.64. The summed E-state index contributed by atoms with van der Waals surface area (Å²) in [6.45, 7) is 1.41. The summed E-state index contributed by atoms with van der Waals surface area (Å²) >= 11 is 0. The molecule has 0 saturated carbocycles. The molecule has 1 saturated heterocycles. The van der Waals surface area contributed by atoms with Crippen LogP contribution in [-0.4, -0.2) is 22.5 Å². The minimum atomic E-state index is -1.40. The van der Waals surface area contributed by atoms with E-state index < -0.39 is 51.4 Å². The van der Waals surface area contributed by atoms with Gasteiger partial charge in [-0.2, -0.15) is 0 Å². The van der Waals surface area contributed by atoms with Crippen LogP contribution in [0.2, 0.25) is 0 Å². The lowest BCUT2D eigenvalue weighted by Gasteiger charge is -2.52. The molecule has 2 atom stereocenters. The number of Topliss-reactive ketones (excluding diaryl/α,β-unsaturated/α-hetero) is 1. The van der Waals surface area contributed by atoms with Crippen molar-refractivity contribution >= 4 is 29.0 Å². The van der Waals surface area contributed by atoms with E-state index in [2.05, 4.69) is 0 Å². The van der Waals surface area contributed by atoms with Crippen LogP contribution in [0.4, 0.5) is 15.8 Å². The number of rotatable bonds is 3. The quantitative estimate of drug-likeness (QED) is 0.339. The first-order valence-corrected chi connectivity index (χ1v) is 10.8. The van der Waals surface area contributed by atoms with Gasteiger partial charge >= 0.3 is 0 Å². The van der Waals surface area contributed by atoms with E-state index in [0.717, 1.165) is 28.2 Å². The minimum Gasteiger partial charge on any atom is -0.299 e. The first-order chi connectivity index (χ1) is 16.3. The van der Waals surface area contributed by atoms with Gasteiger partial charge < -0.3 is 0 Å². The number of hydrogen-bond acceptors (Lipinski definition) is 5. The maximum atomic E-state index is 14.0. The van der Waals surface area contributed by atoms with E-state index in [4.69, 9.17) is 0 Å². The molecule has 1 aliphatic heterocycles. The molecule has 3 aliphatic carbocycles. The van der Waals surface area contributed by atoms with Gasteiger partial charge in [-0.1, -0.05) is 48.5 Å². The summed E-state index contributed by atoms with van der Waals surface area (Å²) in [5.41, 5.74) is 0.598. The van der Waals surface area contributed by atoms with Crippen LogP contribution >= 0.6 is 0 Å². The number of carbonyl (C=O) groups excluding carboxylic acids is 3. The fraction of sp³-hybridized carbons (Fsp3) is 0.192. The van der Waals surface area contributed by atoms with Crippen molar-refractivity contribution in [2.75, 3.05) is 4.90 Å². The second kappa shape index (κ2) is 6.66. The molecule has 1 fully saturated rings. The molecule has 3 aromatic rings. The largest absolute Gasteiger partial charge is 0.299 e. The maximum Gasteiger partial charge on any atom is 0.296 e. The molecule has 8 heteroatoms. The number of nitrogens with zero attached hydrogens (tertiary/aromatic N) is 2. The standard InChI is InChI=1S/C26H17FN2O5/c1-13(30)26-17-8-4-2-6-15(17)21(16-7-3-5-9-18(16)26)22-23(26)25(32)28(24(22)31)19-11-10-14(27)12-20(19)29(33)34/h2-12,21-23H,1H3/t21?,22-,23-,26?/m1/s1. The first kappa shape index (κ1) is 20.4. The summed E-state index contributed by atoms with van der Waals surface area (Å²) in [5.74, 6) is -4.90. The number of nitro groups is 1. The summed E-state index contributed by atoms with van der Waals surface area (Å²) in [6.07, 6.45) is 0. The normalized spacial score (nSPS) is 26.2. The van der Waals surface area contributed by atoms with Crippen molar-refractivity contribution in [3.8, 4) is 0 Å². The highest BCUT2D eigenvalue weighted by Gasteiger charge is 2.70. The van der Waals surface area contributed by atoms with Crippen LogP contribution in [0, 0.1) is 27.8 Å². The molecule has 4 aliphatic rings.